The molecule has 1 aromatic carbocycles. The topological polar surface area (TPSA) is 12.9 Å². The quantitative estimate of drug-likeness (QED) is 0.651. The molecule has 3 rings (SSSR count). The summed E-state index contributed by atoms with van der Waals surface area (Å²) >= 11 is 1.27. The first-order valence-corrected chi connectivity index (χ1v) is 10.9. The van der Waals surface area contributed by atoms with Crippen LogP contribution < -0.4 is 0 Å². The molecule has 0 amide bonds. The molecule has 0 saturated heterocycles. The Morgan fingerprint density at radius 2 is 1.28 bits per heavy atom. The Hall–Kier alpha value is -0.591. The van der Waals surface area contributed by atoms with Crippen LogP contribution in [0.3, 0.4) is 0 Å². The van der Waals surface area contributed by atoms with Crippen molar-refractivity contribution in [1.29, 1.82) is 0 Å². The van der Waals surface area contributed by atoms with Gasteiger partial charge in [0, 0.05) is 0 Å². The molecule has 0 fully saturated rings. The van der Waals surface area contributed by atoms with E-state index >= 15 is 0 Å². The molecule has 0 spiro atoms. The van der Waals surface area contributed by atoms with Gasteiger partial charge in [-0.2, -0.15) is 0 Å². The molecule has 0 atom stereocenters. The summed E-state index contributed by atoms with van der Waals surface area (Å²) in [4.78, 5) is 4.77. The second-order valence-corrected chi connectivity index (χ2v) is 8.56. The van der Waals surface area contributed by atoms with Crippen LogP contribution in [0, 0.1) is 0 Å². The molecule has 0 radical (unpaired) electrons. The normalized spacial score (nSPS) is 15.6. The molecule has 4 bridgehead atoms. The molecule has 92 valence electrons. The average Bonchev–Trinajstić information content (AvgIpc) is 2.39. The van der Waals surface area contributed by atoms with Crippen molar-refractivity contribution in [1.82, 2.24) is 4.98 Å². The van der Waals surface area contributed by atoms with E-state index in [9.17, 15) is 0 Å². The maximum absolute atomic E-state index is 4.77. The van der Waals surface area contributed by atoms with Gasteiger partial charge in [0.25, 0.3) is 0 Å². The number of fused-ring (bicyclic) bond motifs is 4. The average molecular weight is 367 g/mol. The molecule has 2 aromatic rings. The molecule has 0 aliphatic carbocycles. The molecule has 1 aliphatic rings. The second-order valence-electron chi connectivity index (χ2n) is 4.43. The van der Waals surface area contributed by atoms with Gasteiger partial charge in [0.2, 0.25) is 0 Å². The van der Waals surface area contributed by atoms with Crippen molar-refractivity contribution in [2.45, 2.75) is 21.3 Å². The van der Waals surface area contributed by atoms with Crippen LogP contribution in [-0.4, -0.2) is 34.9 Å². The van der Waals surface area contributed by atoms with Crippen LogP contribution in [-0.2, 0) is 21.3 Å². The van der Waals surface area contributed by atoms with Crippen LogP contribution in [0.15, 0.2) is 42.5 Å². The van der Waals surface area contributed by atoms with Crippen molar-refractivity contribution >= 4 is 29.9 Å². The Kier molecular flexibility index (Phi) is 4.17. The second kappa shape index (κ2) is 6.03. The monoisotopic (exact) mass is 369 g/mol. The Morgan fingerprint density at radius 3 is 1.89 bits per heavy atom. The summed E-state index contributed by atoms with van der Waals surface area (Å²) in [6.07, 6.45) is 0. The van der Waals surface area contributed by atoms with E-state index in [1.165, 1.54) is 33.2 Å². The van der Waals surface area contributed by atoms with E-state index in [2.05, 4.69) is 42.5 Å². The van der Waals surface area contributed by atoms with Gasteiger partial charge in [-0.3, -0.25) is 0 Å². The summed E-state index contributed by atoms with van der Waals surface area (Å²) < 4.78 is 0. The van der Waals surface area contributed by atoms with E-state index in [1.807, 2.05) is 0 Å². The first kappa shape index (κ1) is 12.4. The van der Waals surface area contributed by atoms with Gasteiger partial charge in [-0.05, 0) is 0 Å². The van der Waals surface area contributed by atoms with Gasteiger partial charge < -0.3 is 0 Å². The third-order valence-electron chi connectivity index (χ3n) is 2.89. The van der Waals surface area contributed by atoms with E-state index in [1.54, 1.807) is 0 Å². The van der Waals surface area contributed by atoms with Gasteiger partial charge in [-0.15, -0.1) is 0 Å². The number of benzene rings is 1. The van der Waals surface area contributed by atoms with Crippen LogP contribution in [0.4, 0.5) is 0 Å². The molecule has 1 nitrogen and oxygen atoms in total. The Labute approximate surface area is 121 Å². The third kappa shape index (κ3) is 3.24. The molecule has 0 saturated carbocycles. The Balaban J connectivity index is 1.84. The summed E-state index contributed by atoms with van der Waals surface area (Å²) in [7, 11) is 0. The zero-order chi connectivity index (χ0) is 12.2. The molecule has 1 aromatic heterocycles. The van der Waals surface area contributed by atoms with Crippen molar-refractivity contribution in [3.05, 3.63) is 65.0 Å². The Bertz CT molecular complexity index is 452. The molecule has 1 aliphatic heterocycles. The summed E-state index contributed by atoms with van der Waals surface area (Å²) in [6, 6.07) is 15.7. The predicted octanol–water partition coefficient (Wildman–Crippen LogP) is 2.20. The molecule has 18 heavy (non-hydrogen) atoms. The van der Waals surface area contributed by atoms with Crippen molar-refractivity contribution < 1.29 is 0 Å². The number of pyridine rings is 1. The van der Waals surface area contributed by atoms with Crippen molar-refractivity contribution in [3.63, 3.8) is 0 Å². The third-order valence-corrected chi connectivity index (χ3v) is 7.25. The molecule has 2 heterocycles. The first-order chi connectivity index (χ1) is 8.90. The molecule has 3 heteroatoms. The van der Waals surface area contributed by atoms with Gasteiger partial charge in [0.1, 0.15) is 0 Å². The predicted molar refractivity (Wildman–Crippen MR) is 77.0 cm³/mol. The summed E-state index contributed by atoms with van der Waals surface area (Å²) in [5.74, 6) is 0. The zero-order valence-electron chi connectivity index (χ0n) is 10.1. The standard InChI is InChI=1S/C15H15NSe2/c1-3-12-7-13(4-1)9-18-11-15-6-2-5-14(16-15)10-17-8-12/h1-7H,8-11H2. The summed E-state index contributed by atoms with van der Waals surface area (Å²) in [6.45, 7) is 0. The van der Waals surface area contributed by atoms with Crippen LogP contribution in [0.5, 0.6) is 0 Å². The Morgan fingerprint density at radius 1 is 0.722 bits per heavy atom. The molecule has 0 N–H and O–H groups in total. The van der Waals surface area contributed by atoms with E-state index in [0.717, 1.165) is 10.6 Å². The van der Waals surface area contributed by atoms with E-state index in [0.29, 0.717) is 29.9 Å². The first-order valence-electron chi connectivity index (χ1n) is 6.08. The fraction of sp³-hybridized carbons (Fsp3) is 0.267. The van der Waals surface area contributed by atoms with E-state index < -0.39 is 0 Å². The number of aromatic nitrogens is 1. The SMILES string of the molecule is c1cc2cc(c1)C[Se]Cc1cccc(n1)C[Se]C2. The molecular weight excluding hydrogens is 352 g/mol. The van der Waals surface area contributed by atoms with Crippen molar-refractivity contribution in [3.8, 4) is 0 Å². The maximum atomic E-state index is 4.77. The van der Waals surface area contributed by atoms with E-state index in [-0.39, 0.29) is 0 Å². The number of hydrogen-bond acceptors (Lipinski definition) is 1. The number of rotatable bonds is 0. The minimum absolute atomic E-state index is 0.634. The zero-order valence-corrected chi connectivity index (χ0v) is 13.6. The van der Waals surface area contributed by atoms with Gasteiger partial charge in [-0.25, -0.2) is 0 Å². The van der Waals surface area contributed by atoms with Gasteiger partial charge >= 0.3 is 121 Å². The van der Waals surface area contributed by atoms with Gasteiger partial charge in [0.15, 0.2) is 0 Å². The van der Waals surface area contributed by atoms with Crippen LogP contribution in [0.2, 0.25) is 0 Å². The summed E-state index contributed by atoms with van der Waals surface area (Å²) in [5, 5.41) is 4.80. The van der Waals surface area contributed by atoms with Crippen LogP contribution in [0.1, 0.15) is 22.5 Å². The van der Waals surface area contributed by atoms with Crippen molar-refractivity contribution in [2.75, 3.05) is 0 Å². The fourth-order valence-electron chi connectivity index (χ4n) is 2.05. The minimum atomic E-state index is 0.634. The van der Waals surface area contributed by atoms with E-state index in [4.69, 9.17) is 4.98 Å². The van der Waals surface area contributed by atoms with Crippen molar-refractivity contribution in [2.24, 2.45) is 0 Å². The number of nitrogens with zero attached hydrogens (tertiary/aromatic N) is 1. The van der Waals surface area contributed by atoms with Gasteiger partial charge in [-0.1, -0.05) is 0 Å². The van der Waals surface area contributed by atoms with Crippen LogP contribution >= 0.6 is 0 Å². The number of hydrogen-bond donors (Lipinski definition) is 0. The molecule has 0 unspecified atom stereocenters. The molecular formula is C15H15NSe2. The fourth-order valence-corrected chi connectivity index (χ4v) is 5.77. The van der Waals surface area contributed by atoms with Gasteiger partial charge in [0.05, 0.1) is 0 Å². The van der Waals surface area contributed by atoms with Crippen LogP contribution in [0.25, 0.3) is 0 Å². The summed E-state index contributed by atoms with van der Waals surface area (Å²) in [5.41, 5.74) is 5.61.